The van der Waals surface area contributed by atoms with Crippen LogP contribution in [-0.2, 0) is 20.1 Å². The van der Waals surface area contributed by atoms with Crippen LogP contribution in [0.15, 0.2) is 36.9 Å². The van der Waals surface area contributed by atoms with Gasteiger partial charge in [0.25, 0.3) is 0 Å². The first-order valence-corrected chi connectivity index (χ1v) is 7.43. The third-order valence-electron chi connectivity index (χ3n) is 3.50. The van der Waals surface area contributed by atoms with Crippen LogP contribution in [0.5, 0.6) is 0 Å². The molecule has 0 fully saturated rings. The Morgan fingerprint density at radius 2 is 2.23 bits per heavy atom. The molecule has 0 aliphatic heterocycles. The smallest absolute Gasteiger partial charge is 0.131 e. The Kier molecular flexibility index (Phi) is 5.37. The Morgan fingerprint density at radius 1 is 1.45 bits per heavy atom. The van der Waals surface area contributed by atoms with E-state index in [4.69, 9.17) is 16.9 Å². The molecule has 0 saturated carbocycles. The SMILES string of the molecule is C=CCN(Cc1cccc(C#N)c1)Cc1c(C)nn(C)c1Cl. The Bertz CT molecular complexity index is 712. The molecule has 0 unspecified atom stereocenters. The minimum atomic E-state index is 0.664. The summed E-state index contributed by atoms with van der Waals surface area (Å²) in [5.74, 6) is 0. The van der Waals surface area contributed by atoms with Gasteiger partial charge in [-0.25, -0.2) is 0 Å². The van der Waals surface area contributed by atoms with Gasteiger partial charge in [-0.2, -0.15) is 10.4 Å². The summed E-state index contributed by atoms with van der Waals surface area (Å²) >= 11 is 6.31. The van der Waals surface area contributed by atoms with Gasteiger partial charge in [0.1, 0.15) is 5.15 Å². The average Bonchev–Trinajstić information content (AvgIpc) is 2.74. The van der Waals surface area contributed by atoms with E-state index in [1.165, 1.54) is 0 Å². The number of rotatable bonds is 6. The molecule has 0 aliphatic carbocycles. The molecule has 0 aliphatic rings. The summed E-state index contributed by atoms with van der Waals surface area (Å²) in [6, 6.07) is 9.82. The molecule has 0 atom stereocenters. The van der Waals surface area contributed by atoms with E-state index in [1.807, 2.05) is 44.3 Å². The fraction of sp³-hybridized carbons (Fsp3) is 0.294. The normalized spacial score (nSPS) is 10.7. The fourth-order valence-electron chi connectivity index (χ4n) is 2.44. The zero-order chi connectivity index (χ0) is 16.1. The van der Waals surface area contributed by atoms with Gasteiger partial charge in [0.2, 0.25) is 0 Å². The van der Waals surface area contributed by atoms with Crippen LogP contribution >= 0.6 is 11.6 Å². The number of hydrogen-bond donors (Lipinski definition) is 0. The molecular weight excluding hydrogens is 296 g/mol. The highest BCUT2D eigenvalue weighted by Crippen LogP contribution is 2.21. The number of halogens is 1. The van der Waals surface area contributed by atoms with Gasteiger partial charge in [-0.1, -0.05) is 29.8 Å². The molecule has 114 valence electrons. The van der Waals surface area contributed by atoms with E-state index >= 15 is 0 Å². The van der Waals surface area contributed by atoms with Crippen molar-refractivity contribution in [1.29, 1.82) is 5.26 Å². The number of aromatic nitrogens is 2. The van der Waals surface area contributed by atoms with Gasteiger partial charge in [0.15, 0.2) is 0 Å². The molecule has 0 bridgehead atoms. The maximum Gasteiger partial charge on any atom is 0.131 e. The van der Waals surface area contributed by atoms with Gasteiger partial charge in [-0.3, -0.25) is 9.58 Å². The number of aryl methyl sites for hydroxylation is 2. The van der Waals surface area contributed by atoms with Crippen molar-refractivity contribution in [2.45, 2.75) is 20.0 Å². The predicted molar refractivity (Wildman–Crippen MR) is 88.4 cm³/mol. The maximum absolute atomic E-state index is 9.00. The second kappa shape index (κ2) is 7.26. The van der Waals surface area contributed by atoms with E-state index in [1.54, 1.807) is 4.68 Å². The van der Waals surface area contributed by atoms with Crippen LogP contribution in [-0.4, -0.2) is 21.2 Å². The molecule has 4 nitrogen and oxygen atoms in total. The maximum atomic E-state index is 9.00. The standard InChI is InChI=1S/C17H19ClN4/c1-4-8-22(11-15-7-5-6-14(9-15)10-19)12-16-13(2)20-21(3)17(16)18/h4-7,9H,1,8,11-12H2,2-3H3. The summed E-state index contributed by atoms with van der Waals surface area (Å²) in [4.78, 5) is 2.22. The molecule has 0 radical (unpaired) electrons. The van der Waals surface area contributed by atoms with Crippen LogP contribution in [0, 0.1) is 18.3 Å². The summed E-state index contributed by atoms with van der Waals surface area (Å²) in [5, 5.41) is 14.0. The number of benzene rings is 1. The zero-order valence-electron chi connectivity index (χ0n) is 12.9. The lowest BCUT2D eigenvalue weighted by molar-refractivity contribution is 0.285. The highest BCUT2D eigenvalue weighted by Gasteiger charge is 2.15. The third kappa shape index (κ3) is 3.76. The number of nitriles is 1. The topological polar surface area (TPSA) is 44.9 Å². The molecule has 2 aromatic rings. The molecule has 1 aromatic carbocycles. The van der Waals surface area contributed by atoms with Crippen LogP contribution in [0.25, 0.3) is 0 Å². The Morgan fingerprint density at radius 3 is 2.82 bits per heavy atom. The number of nitrogens with zero attached hydrogens (tertiary/aromatic N) is 4. The number of hydrogen-bond acceptors (Lipinski definition) is 3. The second-order valence-electron chi connectivity index (χ2n) is 5.25. The van der Waals surface area contributed by atoms with Gasteiger partial charge < -0.3 is 0 Å². The first kappa shape index (κ1) is 16.3. The van der Waals surface area contributed by atoms with E-state index in [0.29, 0.717) is 17.3 Å². The quantitative estimate of drug-likeness (QED) is 0.767. The summed E-state index contributed by atoms with van der Waals surface area (Å²) in [6.45, 7) is 7.94. The molecule has 0 amide bonds. The van der Waals surface area contributed by atoms with E-state index in [0.717, 1.165) is 29.9 Å². The molecule has 0 spiro atoms. The lowest BCUT2D eigenvalue weighted by Gasteiger charge is -2.21. The van der Waals surface area contributed by atoms with Crippen LogP contribution in [0.1, 0.15) is 22.4 Å². The van der Waals surface area contributed by atoms with Crippen molar-refractivity contribution < 1.29 is 0 Å². The van der Waals surface area contributed by atoms with E-state index < -0.39 is 0 Å². The predicted octanol–water partition coefficient (Wildman–Crippen LogP) is 3.44. The van der Waals surface area contributed by atoms with Crippen LogP contribution < -0.4 is 0 Å². The Hall–Kier alpha value is -2.09. The summed E-state index contributed by atoms with van der Waals surface area (Å²) in [7, 11) is 1.84. The zero-order valence-corrected chi connectivity index (χ0v) is 13.6. The molecule has 5 heteroatoms. The van der Waals surface area contributed by atoms with E-state index in [-0.39, 0.29) is 0 Å². The summed E-state index contributed by atoms with van der Waals surface area (Å²) in [6.07, 6.45) is 1.87. The molecule has 1 heterocycles. The third-order valence-corrected chi connectivity index (χ3v) is 3.97. The van der Waals surface area contributed by atoms with Crippen molar-refractivity contribution in [3.63, 3.8) is 0 Å². The van der Waals surface area contributed by atoms with Gasteiger partial charge >= 0.3 is 0 Å². The van der Waals surface area contributed by atoms with Gasteiger partial charge in [0, 0.05) is 32.2 Å². The Balaban J connectivity index is 2.19. The largest absolute Gasteiger partial charge is 0.291 e. The van der Waals surface area contributed by atoms with Crippen LogP contribution in [0.3, 0.4) is 0 Å². The van der Waals surface area contributed by atoms with E-state index in [2.05, 4.69) is 22.6 Å². The minimum Gasteiger partial charge on any atom is -0.291 e. The first-order valence-electron chi connectivity index (χ1n) is 7.05. The van der Waals surface area contributed by atoms with Crippen LogP contribution in [0.2, 0.25) is 5.15 Å². The Labute approximate surface area is 136 Å². The molecule has 0 saturated heterocycles. The van der Waals surface area contributed by atoms with Crippen molar-refractivity contribution in [2.24, 2.45) is 7.05 Å². The monoisotopic (exact) mass is 314 g/mol. The van der Waals surface area contributed by atoms with Crippen molar-refractivity contribution >= 4 is 11.6 Å². The fourth-order valence-corrected chi connectivity index (χ4v) is 2.68. The molecule has 1 aromatic heterocycles. The average molecular weight is 315 g/mol. The molecule has 2 rings (SSSR count). The highest BCUT2D eigenvalue weighted by atomic mass is 35.5. The van der Waals surface area contributed by atoms with Crippen molar-refractivity contribution in [2.75, 3.05) is 6.54 Å². The minimum absolute atomic E-state index is 0.664. The lowest BCUT2D eigenvalue weighted by atomic mass is 10.1. The van der Waals surface area contributed by atoms with Crippen molar-refractivity contribution in [3.05, 3.63) is 64.5 Å². The summed E-state index contributed by atoms with van der Waals surface area (Å²) < 4.78 is 1.69. The second-order valence-corrected chi connectivity index (χ2v) is 5.61. The van der Waals surface area contributed by atoms with Gasteiger partial charge in [0.05, 0.1) is 17.3 Å². The van der Waals surface area contributed by atoms with E-state index in [9.17, 15) is 0 Å². The first-order chi connectivity index (χ1) is 10.5. The highest BCUT2D eigenvalue weighted by molar-refractivity contribution is 6.30. The van der Waals surface area contributed by atoms with Crippen molar-refractivity contribution in [1.82, 2.24) is 14.7 Å². The van der Waals surface area contributed by atoms with Gasteiger partial charge in [-0.05, 0) is 24.6 Å². The van der Waals surface area contributed by atoms with Crippen molar-refractivity contribution in [3.8, 4) is 6.07 Å². The molecular formula is C17H19ClN4. The lowest BCUT2D eigenvalue weighted by Crippen LogP contribution is -2.23. The molecule has 0 N–H and O–H groups in total. The summed E-state index contributed by atoms with van der Waals surface area (Å²) in [5.41, 5.74) is 3.74. The van der Waals surface area contributed by atoms with Gasteiger partial charge in [-0.15, -0.1) is 6.58 Å². The molecule has 22 heavy (non-hydrogen) atoms. The van der Waals surface area contributed by atoms with Crippen LogP contribution in [0.4, 0.5) is 0 Å².